The lowest BCUT2D eigenvalue weighted by molar-refractivity contribution is -0.113. The minimum Gasteiger partial charge on any atom is -0.325 e. The van der Waals surface area contributed by atoms with Crippen LogP contribution in [0.5, 0.6) is 0 Å². The van der Waals surface area contributed by atoms with E-state index >= 15 is 0 Å². The number of hydrogen-bond acceptors (Lipinski definition) is 5. The molecular weight excluding hydrogens is 394 g/mol. The molecule has 4 rings (SSSR count). The molecule has 7 heteroatoms. The summed E-state index contributed by atoms with van der Waals surface area (Å²) >= 11 is 1.41. The second-order valence-corrected chi connectivity index (χ2v) is 8.56. The standard InChI is InChI=1S/C23H27N5OS/c1-18-25-26-23(28(18)16-19-7-3-2-4-8-19)30-17-22(29)24-21-11-9-20(10-12-21)15-27-13-5-6-14-27/h2-4,7-12H,5-6,13-17H2,1H3,(H,24,29). The number of carbonyl (C=O) groups is 1. The average molecular weight is 422 g/mol. The number of thioether (sulfide) groups is 1. The molecule has 6 nitrogen and oxygen atoms in total. The number of benzene rings is 2. The smallest absolute Gasteiger partial charge is 0.234 e. The fourth-order valence-electron chi connectivity index (χ4n) is 3.64. The molecule has 3 aromatic rings. The molecule has 1 fully saturated rings. The number of rotatable bonds is 8. The molecule has 0 atom stereocenters. The molecule has 0 radical (unpaired) electrons. The van der Waals surface area contributed by atoms with Gasteiger partial charge in [-0.2, -0.15) is 0 Å². The highest BCUT2D eigenvalue weighted by atomic mass is 32.2. The lowest BCUT2D eigenvalue weighted by Gasteiger charge is -2.14. The number of likely N-dealkylation sites (tertiary alicyclic amines) is 1. The summed E-state index contributed by atoms with van der Waals surface area (Å²) < 4.78 is 2.04. The molecule has 1 amide bonds. The summed E-state index contributed by atoms with van der Waals surface area (Å²) in [5.74, 6) is 1.09. The normalized spacial score (nSPS) is 14.2. The Morgan fingerprint density at radius 1 is 0.967 bits per heavy atom. The van der Waals surface area contributed by atoms with E-state index in [-0.39, 0.29) is 5.91 Å². The molecule has 0 unspecified atom stereocenters. The highest BCUT2D eigenvalue weighted by molar-refractivity contribution is 7.99. The third kappa shape index (κ3) is 5.49. The molecule has 0 spiro atoms. The van der Waals surface area contributed by atoms with Crippen molar-refractivity contribution in [3.8, 4) is 0 Å². The van der Waals surface area contributed by atoms with Crippen LogP contribution >= 0.6 is 11.8 Å². The topological polar surface area (TPSA) is 63.1 Å². The van der Waals surface area contributed by atoms with Crippen molar-refractivity contribution in [1.29, 1.82) is 0 Å². The molecule has 30 heavy (non-hydrogen) atoms. The average Bonchev–Trinajstić information content (AvgIpc) is 3.39. The van der Waals surface area contributed by atoms with Gasteiger partial charge in [-0.25, -0.2) is 0 Å². The molecular formula is C23H27N5OS. The van der Waals surface area contributed by atoms with Gasteiger partial charge in [0.1, 0.15) is 5.82 Å². The zero-order valence-electron chi connectivity index (χ0n) is 17.3. The van der Waals surface area contributed by atoms with Crippen molar-refractivity contribution in [1.82, 2.24) is 19.7 Å². The summed E-state index contributed by atoms with van der Waals surface area (Å²) in [6, 6.07) is 18.4. The van der Waals surface area contributed by atoms with Crippen LogP contribution in [0.2, 0.25) is 0 Å². The number of amides is 1. The number of nitrogens with zero attached hydrogens (tertiary/aromatic N) is 4. The minimum atomic E-state index is -0.0424. The first kappa shape index (κ1) is 20.6. The second-order valence-electron chi connectivity index (χ2n) is 7.62. The maximum absolute atomic E-state index is 12.4. The van der Waals surface area contributed by atoms with E-state index in [1.54, 1.807) is 0 Å². The van der Waals surface area contributed by atoms with E-state index in [2.05, 4.69) is 44.7 Å². The van der Waals surface area contributed by atoms with Crippen LogP contribution in [-0.4, -0.2) is 44.4 Å². The predicted molar refractivity (Wildman–Crippen MR) is 121 cm³/mol. The molecule has 1 aliphatic rings. The Morgan fingerprint density at radius 3 is 2.40 bits per heavy atom. The van der Waals surface area contributed by atoms with Crippen molar-refractivity contribution in [3.05, 3.63) is 71.5 Å². The van der Waals surface area contributed by atoms with Gasteiger partial charge in [0.25, 0.3) is 0 Å². The van der Waals surface area contributed by atoms with Crippen LogP contribution in [0, 0.1) is 6.92 Å². The van der Waals surface area contributed by atoms with E-state index in [0.717, 1.165) is 23.2 Å². The Bertz CT molecular complexity index is 965. The molecule has 2 aromatic carbocycles. The summed E-state index contributed by atoms with van der Waals surface area (Å²) in [4.78, 5) is 14.9. The van der Waals surface area contributed by atoms with Gasteiger partial charge >= 0.3 is 0 Å². The van der Waals surface area contributed by atoms with Crippen molar-refractivity contribution in [2.75, 3.05) is 24.2 Å². The largest absolute Gasteiger partial charge is 0.325 e. The number of nitrogens with one attached hydrogen (secondary N) is 1. The molecule has 156 valence electrons. The molecule has 0 bridgehead atoms. The first-order chi connectivity index (χ1) is 14.7. The fourth-order valence-corrected chi connectivity index (χ4v) is 4.42. The SMILES string of the molecule is Cc1nnc(SCC(=O)Nc2ccc(CN3CCCC3)cc2)n1Cc1ccccc1. The maximum Gasteiger partial charge on any atom is 0.234 e. The Kier molecular flexibility index (Phi) is 6.81. The lowest BCUT2D eigenvalue weighted by Crippen LogP contribution is -2.18. The second kappa shape index (κ2) is 9.91. The van der Waals surface area contributed by atoms with E-state index in [0.29, 0.717) is 12.3 Å². The summed E-state index contributed by atoms with van der Waals surface area (Å²) in [6.07, 6.45) is 2.59. The summed E-state index contributed by atoms with van der Waals surface area (Å²) in [6.45, 7) is 5.99. The van der Waals surface area contributed by atoms with E-state index in [1.165, 1.54) is 48.8 Å². The zero-order valence-corrected chi connectivity index (χ0v) is 18.1. The summed E-state index contributed by atoms with van der Waals surface area (Å²) in [5.41, 5.74) is 3.29. The molecule has 2 heterocycles. The van der Waals surface area contributed by atoms with Crippen LogP contribution < -0.4 is 5.32 Å². The molecule has 0 saturated carbocycles. The first-order valence-corrected chi connectivity index (χ1v) is 11.3. The van der Waals surface area contributed by atoms with E-state index in [4.69, 9.17) is 0 Å². The van der Waals surface area contributed by atoms with E-state index in [9.17, 15) is 4.79 Å². The van der Waals surface area contributed by atoms with Crippen molar-refractivity contribution in [2.45, 2.75) is 38.0 Å². The van der Waals surface area contributed by atoms with E-state index in [1.807, 2.05) is 41.8 Å². The van der Waals surface area contributed by atoms with Gasteiger partial charge in [0.05, 0.1) is 12.3 Å². The lowest BCUT2D eigenvalue weighted by atomic mass is 10.2. The molecule has 1 N–H and O–H groups in total. The van der Waals surface area contributed by atoms with Crippen molar-refractivity contribution < 1.29 is 4.79 Å². The molecule has 0 aliphatic carbocycles. The Morgan fingerprint density at radius 2 is 1.67 bits per heavy atom. The Balaban J connectivity index is 1.30. The van der Waals surface area contributed by atoms with Gasteiger partial charge in [-0.3, -0.25) is 9.69 Å². The van der Waals surface area contributed by atoms with Crippen LogP contribution in [0.3, 0.4) is 0 Å². The van der Waals surface area contributed by atoms with Crippen molar-refractivity contribution in [2.24, 2.45) is 0 Å². The predicted octanol–water partition coefficient (Wildman–Crippen LogP) is 3.96. The van der Waals surface area contributed by atoms with Gasteiger partial charge < -0.3 is 9.88 Å². The van der Waals surface area contributed by atoms with Gasteiger partial charge in [-0.05, 0) is 56.1 Å². The molecule has 1 saturated heterocycles. The van der Waals surface area contributed by atoms with Gasteiger partial charge in [0.2, 0.25) is 5.91 Å². The van der Waals surface area contributed by atoms with Crippen molar-refractivity contribution in [3.63, 3.8) is 0 Å². The molecule has 1 aromatic heterocycles. The Hall–Kier alpha value is -2.64. The number of aromatic nitrogens is 3. The van der Waals surface area contributed by atoms with Crippen LogP contribution in [0.15, 0.2) is 59.8 Å². The highest BCUT2D eigenvalue weighted by Crippen LogP contribution is 2.20. The maximum atomic E-state index is 12.4. The van der Waals surface area contributed by atoms with Gasteiger partial charge in [0.15, 0.2) is 5.16 Å². The van der Waals surface area contributed by atoms with Gasteiger partial charge in [0, 0.05) is 12.2 Å². The quantitative estimate of drug-likeness (QED) is 0.558. The zero-order chi connectivity index (χ0) is 20.8. The summed E-state index contributed by atoms with van der Waals surface area (Å²) in [5, 5.41) is 12.2. The number of carbonyl (C=O) groups excluding carboxylic acids is 1. The van der Waals surface area contributed by atoms with Crippen LogP contribution in [0.25, 0.3) is 0 Å². The number of anilines is 1. The van der Waals surface area contributed by atoms with Gasteiger partial charge in [-0.1, -0.05) is 54.2 Å². The third-order valence-corrected chi connectivity index (χ3v) is 6.23. The van der Waals surface area contributed by atoms with E-state index < -0.39 is 0 Å². The number of hydrogen-bond donors (Lipinski definition) is 1. The summed E-state index contributed by atoms with van der Waals surface area (Å²) in [7, 11) is 0. The number of aryl methyl sites for hydroxylation is 1. The highest BCUT2D eigenvalue weighted by Gasteiger charge is 2.13. The van der Waals surface area contributed by atoms with Crippen molar-refractivity contribution >= 4 is 23.4 Å². The van der Waals surface area contributed by atoms with Crippen LogP contribution in [-0.2, 0) is 17.9 Å². The molecule has 1 aliphatic heterocycles. The van der Waals surface area contributed by atoms with Gasteiger partial charge in [-0.15, -0.1) is 10.2 Å². The fraction of sp³-hybridized carbons (Fsp3) is 0.348. The van der Waals surface area contributed by atoms with Crippen LogP contribution in [0.4, 0.5) is 5.69 Å². The Labute approximate surface area is 181 Å². The first-order valence-electron chi connectivity index (χ1n) is 10.3. The van der Waals surface area contributed by atoms with Crippen LogP contribution in [0.1, 0.15) is 29.8 Å². The minimum absolute atomic E-state index is 0.0424. The monoisotopic (exact) mass is 421 g/mol. The third-order valence-electron chi connectivity index (χ3n) is 5.26.